The molecule has 5 N–H and O–H groups in total. The number of anilines is 1. The number of nitrogens with zero attached hydrogens (tertiary/aromatic N) is 5. The zero-order valence-corrected chi connectivity index (χ0v) is 34.1. The van der Waals surface area contributed by atoms with Crippen LogP contribution >= 0.6 is 7.82 Å². The largest absolute Gasteiger partial charge is 0.472 e. The number of phosphoric ester groups is 1. The number of ether oxygens (including phenoxy) is 3. The van der Waals surface area contributed by atoms with Gasteiger partial charge < -0.3 is 35.1 Å². The number of nitrogen functional groups attached to an aromatic ring is 1. The van der Waals surface area contributed by atoms with E-state index < -0.39 is 44.4 Å². The molecule has 1 fully saturated rings. The molecule has 0 spiro atoms. The quantitative estimate of drug-likeness (QED) is 0.0414. The number of phosphoric acid groups is 1. The van der Waals surface area contributed by atoms with Gasteiger partial charge in [-0.2, -0.15) is 10.4 Å². The van der Waals surface area contributed by atoms with Gasteiger partial charge in [-0.25, -0.2) is 19.0 Å². The summed E-state index contributed by atoms with van der Waals surface area (Å²) >= 11 is 0. The van der Waals surface area contributed by atoms with Gasteiger partial charge in [0.2, 0.25) is 0 Å². The summed E-state index contributed by atoms with van der Waals surface area (Å²) in [7, 11) is -4.69. The minimum absolute atomic E-state index is 0.0199. The lowest BCUT2D eigenvalue weighted by Gasteiger charge is -2.27. The number of hydrogen-bond donors (Lipinski definition) is 4. The van der Waals surface area contributed by atoms with Crippen molar-refractivity contribution in [3.63, 3.8) is 0 Å². The number of pyridine rings is 1. The van der Waals surface area contributed by atoms with E-state index in [1.807, 2.05) is 6.07 Å². The normalized spacial score (nSPS) is 21.3. The molecule has 1 unspecified atom stereocenters. The Balaban J connectivity index is 1.16. The number of aromatic nitrogens is 4. The molecule has 15 nitrogen and oxygen atoms in total. The molecule has 4 rings (SSSR count). The van der Waals surface area contributed by atoms with Gasteiger partial charge in [0.05, 0.1) is 37.8 Å². The van der Waals surface area contributed by atoms with Crippen LogP contribution in [0.4, 0.5) is 5.82 Å². The van der Waals surface area contributed by atoms with Gasteiger partial charge >= 0.3 is 7.82 Å². The SMILES string of the molecule is CCCCCCCCCCCCCCCCCCOC[C@H](COP(=O)(O)OC[C@H]1O[C@@](C)(c2ccc3c(N)ncnn23)[C@H](O)[C@@H]1O)OCc1cccc(C#N)n1. The maximum Gasteiger partial charge on any atom is 0.472 e. The van der Waals surface area contributed by atoms with Crippen LogP contribution in [0, 0.1) is 11.3 Å². The van der Waals surface area contributed by atoms with Crippen LogP contribution in [0.15, 0.2) is 36.7 Å². The lowest BCUT2D eigenvalue weighted by atomic mass is 9.93. The second kappa shape index (κ2) is 24.0. The highest BCUT2D eigenvalue weighted by atomic mass is 31.2. The Hall–Kier alpha value is -3.03. The number of fused-ring (bicyclic) bond motifs is 1. The molecule has 56 heavy (non-hydrogen) atoms. The highest BCUT2D eigenvalue weighted by molar-refractivity contribution is 7.47. The molecule has 1 aliphatic rings. The van der Waals surface area contributed by atoms with E-state index in [1.54, 1.807) is 37.3 Å². The molecule has 3 aromatic rings. The van der Waals surface area contributed by atoms with Crippen LogP contribution in [0.3, 0.4) is 0 Å². The Morgan fingerprint density at radius 1 is 0.946 bits per heavy atom. The first kappa shape index (κ1) is 45.7. The van der Waals surface area contributed by atoms with Gasteiger partial charge in [-0.05, 0) is 37.6 Å². The van der Waals surface area contributed by atoms with Crippen LogP contribution in [-0.2, 0) is 40.0 Å². The number of aliphatic hydroxyl groups is 2. The van der Waals surface area contributed by atoms with E-state index in [9.17, 15) is 24.9 Å². The second-order valence-corrected chi connectivity index (χ2v) is 16.3. The summed E-state index contributed by atoms with van der Waals surface area (Å²) in [6, 6.07) is 10.3. The lowest BCUT2D eigenvalue weighted by molar-refractivity contribution is -0.0901. The molecule has 16 heteroatoms. The van der Waals surface area contributed by atoms with Gasteiger partial charge in [0, 0.05) is 6.61 Å². The topological polar surface area (TPSA) is 217 Å². The second-order valence-electron chi connectivity index (χ2n) is 14.9. The Kier molecular flexibility index (Phi) is 19.6. The van der Waals surface area contributed by atoms with Crippen molar-refractivity contribution in [2.24, 2.45) is 0 Å². The van der Waals surface area contributed by atoms with E-state index in [0.717, 1.165) is 19.3 Å². The molecule has 0 amide bonds. The van der Waals surface area contributed by atoms with Crippen LogP contribution in [0.25, 0.3) is 5.52 Å². The zero-order chi connectivity index (χ0) is 40.2. The van der Waals surface area contributed by atoms with E-state index >= 15 is 0 Å². The average molecular weight is 803 g/mol. The highest BCUT2D eigenvalue weighted by Gasteiger charge is 2.54. The fourth-order valence-electron chi connectivity index (χ4n) is 6.98. The van der Waals surface area contributed by atoms with Gasteiger partial charge in [0.1, 0.15) is 53.6 Å². The van der Waals surface area contributed by atoms with Crippen molar-refractivity contribution < 1.29 is 42.9 Å². The van der Waals surface area contributed by atoms with Crippen molar-refractivity contribution in [3.05, 3.63) is 53.7 Å². The molecule has 1 aliphatic heterocycles. The third-order valence-electron chi connectivity index (χ3n) is 10.3. The third-order valence-corrected chi connectivity index (χ3v) is 11.3. The molecular formula is C40H63N6O9P. The predicted octanol–water partition coefficient (Wildman–Crippen LogP) is 6.91. The van der Waals surface area contributed by atoms with E-state index in [0.29, 0.717) is 23.5 Å². The minimum atomic E-state index is -4.69. The number of aliphatic hydroxyl groups excluding tert-OH is 2. The molecule has 3 aromatic heterocycles. The van der Waals surface area contributed by atoms with Crippen molar-refractivity contribution in [1.29, 1.82) is 5.26 Å². The maximum absolute atomic E-state index is 13.0. The van der Waals surface area contributed by atoms with Crippen LogP contribution in [-0.4, -0.2) is 85.5 Å². The minimum Gasteiger partial charge on any atom is -0.387 e. The van der Waals surface area contributed by atoms with Crippen LogP contribution < -0.4 is 5.73 Å². The first-order chi connectivity index (χ1) is 27.1. The molecule has 1 saturated heterocycles. The predicted molar refractivity (Wildman–Crippen MR) is 211 cm³/mol. The molecule has 4 heterocycles. The summed E-state index contributed by atoms with van der Waals surface area (Å²) in [5.41, 5.74) is 6.13. The number of nitriles is 1. The van der Waals surface area contributed by atoms with Crippen LogP contribution in [0.2, 0.25) is 0 Å². The number of nitrogens with two attached hydrogens (primary N) is 1. The average Bonchev–Trinajstić information content (AvgIpc) is 3.74. The highest BCUT2D eigenvalue weighted by Crippen LogP contribution is 2.46. The fourth-order valence-corrected chi connectivity index (χ4v) is 7.74. The summed E-state index contributed by atoms with van der Waals surface area (Å²) in [4.78, 5) is 18.8. The van der Waals surface area contributed by atoms with Gasteiger partial charge in [-0.3, -0.25) is 9.05 Å². The van der Waals surface area contributed by atoms with Gasteiger partial charge in [0.15, 0.2) is 5.82 Å². The van der Waals surface area contributed by atoms with E-state index in [2.05, 4.69) is 22.0 Å². The first-order valence-electron chi connectivity index (χ1n) is 20.4. The van der Waals surface area contributed by atoms with Crippen molar-refractivity contribution in [2.45, 2.75) is 153 Å². The summed E-state index contributed by atoms with van der Waals surface area (Å²) in [6.07, 6.45) is 16.9. The summed E-state index contributed by atoms with van der Waals surface area (Å²) in [6.45, 7) is 3.53. The number of unbranched alkanes of at least 4 members (excludes halogenated alkanes) is 15. The van der Waals surface area contributed by atoms with E-state index in [-0.39, 0.29) is 31.3 Å². The smallest absolute Gasteiger partial charge is 0.387 e. The Bertz CT molecular complexity index is 1670. The first-order valence-corrected chi connectivity index (χ1v) is 21.9. The Labute approximate surface area is 331 Å². The van der Waals surface area contributed by atoms with Gasteiger partial charge in [-0.15, -0.1) is 0 Å². The Morgan fingerprint density at radius 3 is 2.23 bits per heavy atom. The molecule has 0 aromatic carbocycles. The standard InChI is InChI=1S/C40H63N6O9P/c1-3-4-5-6-7-8-9-10-11-12-13-14-15-16-17-18-24-51-27-33(52-26-32-21-19-20-31(25-41)45-32)28-53-56(49,50)54-29-35-37(47)38(48)40(2,55-35)36-23-22-34-39(42)43-30-44-46(34)36/h19-23,30,33,35,37-38,47-48H,3-18,24,26-29H2,1-2H3,(H,49,50)(H2,42,43,44)/t33-,35-,37-,38-,40+/m1/s1. The van der Waals surface area contributed by atoms with E-state index in [1.165, 1.54) is 94.3 Å². The molecule has 0 aliphatic carbocycles. The van der Waals surface area contributed by atoms with Gasteiger partial charge in [0.25, 0.3) is 0 Å². The van der Waals surface area contributed by atoms with Gasteiger partial charge in [-0.1, -0.05) is 109 Å². The van der Waals surface area contributed by atoms with E-state index in [4.69, 9.17) is 29.0 Å². The molecule has 312 valence electrons. The third kappa shape index (κ3) is 14.4. The van der Waals surface area contributed by atoms with Crippen LogP contribution in [0.5, 0.6) is 0 Å². The monoisotopic (exact) mass is 802 g/mol. The van der Waals surface area contributed by atoms with Crippen molar-refractivity contribution in [1.82, 2.24) is 19.6 Å². The van der Waals surface area contributed by atoms with Crippen molar-refractivity contribution in [3.8, 4) is 6.07 Å². The Morgan fingerprint density at radius 2 is 1.59 bits per heavy atom. The van der Waals surface area contributed by atoms with Crippen LogP contribution in [0.1, 0.15) is 134 Å². The van der Waals surface area contributed by atoms with Crippen molar-refractivity contribution >= 4 is 19.2 Å². The molecule has 0 radical (unpaired) electrons. The summed E-state index contributed by atoms with van der Waals surface area (Å²) < 4.78 is 42.9. The number of hydrogen-bond acceptors (Lipinski definition) is 13. The molecule has 0 saturated carbocycles. The number of rotatable bonds is 29. The zero-order valence-electron chi connectivity index (χ0n) is 33.2. The maximum atomic E-state index is 13.0. The summed E-state index contributed by atoms with van der Waals surface area (Å²) in [5, 5.41) is 35.2. The van der Waals surface area contributed by atoms with Crippen molar-refractivity contribution in [2.75, 3.05) is 32.2 Å². The summed E-state index contributed by atoms with van der Waals surface area (Å²) in [5.74, 6) is 0.223. The molecular weight excluding hydrogens is 739 g/mol. The molecule has 6 atom stereocenters. The fraction of sp³-hybridized carbons (Fsp3) is 0.700. The molecule has 0 bridgehead atoms. The lowest BCUT2D eigenvalue weighted by Crippen LogP contribution is -2.39.